The summed E-state index contributed by atoms with van der Waals surface area (Å²) in [5.74, 6) is -0.761. The van der Waals surface area contributed by atoms with Crippen LogP contribution in [0.15, 0.2) is 24.3 Å². The molecule has 1 aliphatic heterocycles. The van der Waals surface area contributed by atoms with Gasteiger partial charge in [-0.3, -0.25) is 9.69 Å². The summed E-state index contributed by atoms with van der Waals surface area (Å²) in [4.78, 5) is 13.3. The molecule has 2 unspecified atom stereocenters. The molecule has 1 aromatic rings. The van der Waals surface area contributed by atoms with Crippen molar-refractivity contribution in [2.45, 2.75) is 37.3 Å². The predicted molar refractivity (Wildman–Crippen MR) is 79.6 cm³/mol. The first-order valence-corrected chi connectivity index (χ1v) is 7.65. The highest BCUT2D eigenvalue weighted by Crippen LogP contribution is 2.26. The Morgan fingerprint density at radius 2 is 1.84 bits per heavy atom. The van der Waals surface area contributed by atoms with E-state index in [1.807, 2.05) is 30.0 Å². The van der Waals surface area contributed by atoms with E-state index in [-0.39, 0.29) is 6.42 Å². The van der Waals surface area contributed by atoms with Crippen molar-refractivity contribution in [3.63, 3.8) is 0 Å². The van der Waals surface area contributed by atoms with E-state index >= 15 is 0 Å². The van der Waals surface area contributed by atoms with Crippen LogP contribution in [0.25, 0.3) is 0 Å². The molecule has 19 heavy (non-hydrogen) atoms. The molecule has 1 aromatic carbocycles. The maximum absolute atomic E-state index is 10.9. The van der Waals surface area contributed by atoms with Gasteiger partial charge in [0.2, 0.25) is 0 Å². The number of thioether (sulfide) groups is 1. The van der Waals surface area contributed by atoms with E-state index < -0.39 is 5.97 Å². The average Bonchev–Trinajstić information content (AvgIpc) is 2.29. The number of carboxylic acid groups (broad SMARTS) is 1. The molecule has 1 fully saturated rings. The molecule has 0 saturated carbocycles. The van der Waals surface area contributed by atoms with Gasteiger partial charge in [-0.05, 0) is 11.1 Å². The molecular weight excluding hydrogens is 258 g/mol. The number of carbonyl (C=O) groups is 1. The Hall–Kier alpha value is -1.00. The van der Waals surface area contributed by atoms with Gasteiger partial charge in [-0.15, -0.1) is 0 Å². The molecule has 1 saturated heterocycles. The van der Waals surface area contributed by atoms with Crippen molar-refractivity contribution in [3.8, 4) is 0 Å². The van der Waals surface area contributed by atoms with E-state index in [0.717, 1.165) is 30.8 Å². The van der Waals surface area contributed by atoms with Gasteiger partial charge < -0.3 is 5.11 Å². The fraction of sp³-hybridized carbons (Fsp3) is 0.533. The third-order valence-corrected chi connectivity index (χ3v) is 4.58. The Morgan fingerprint density at radius 1 is 1.26 bits per heavy atom. The number of carboxylic acids is 1. The first-order valence-electron chi connectivity index (χ1n) is 6.71. The van der Waals surface area contributed by atoms with Gasteiger partial charge in [0.1, 0.15) is 0 Å². The van der Waals surface area contributed by atoms with E-state index in [4.69, 9.17) is 5.11 Å². The van der Waals surface area contributed by atoms with Gasteiger partial charge in [0.15, 0.2) is 0 Å². The van der Waals surface area contributed by atoms with Crippen molar-refractivity contribution in [3.05, 3.63) is 35.4 Å². The molecule has 4 heteroatoms. The van der Waals surface area contributed by atoms with Crippen LogP contribution in [0.1, 0.15) is 25.0 Å². The fourth-order valence-electron chi connectivity index (χ4n) is 2.70. The number of hydrogen-bond acceptors (Lipinski definition) is 3. The lowest BCUT2D eigenvalue weighted by atomic mass is 10.0. The van der Waals surface area contributed by atoms with Crippen molar-refractivity contribution < 1.29 is 9.90 Å². The Morgan fingerprint density at radius 3 is 2.42 bits per heavy atom. The van der Waals surface area contributed by atoms with Gasteiger partial charge in [0.05, 0.1) is 6.42 Å². The van der Waals surface area contributed by atoms with Gasteiger partial charge in [0.25, 0.3) is 0 Å². The quantitative estimate of drug-likeness (QED) is 0.920. The summed E-state index contributed by atoms with van der Waals surface area (Å²) >= 11 is 2.03. The van der Waals surface area contributed by atoms with Crippen LogP contribution in [-0.2, 0) is 17.8 Å². The first-order chi connectivity index (χ1) is 9.04. The Balaban J connectivity index is 2.07. The zero-order valence-corrected chi connectivity index (χ0v) is 12.3. The van der Waals surface area contributed by atoms with Crippen molar-refractivity contribution in [1.29, 1.82) is 0 Å². The second-order valence-electron chi connectivity index (χ2n) is 5.29. The molecule has 0 radical (unpaired) electrons. The summed E-state index contributed by atoms with van der Waals surface area (Å²) in [6.45, 7) is 7.54. The molecule has 0 aromatic heterocycles. The van der Waals surface area contributed by atoms with Gasteiger partial charge in [0, 0.05) is 30.1 Å². The highest BCUT2D eigenvalue weighted by molar-refractivity contribution is 8.00. The number of hydrogen-bond donors (Lipinski definition) is 1. The summed E-state index contributed by atoms with van der Waals surface area (Å²) in [6, 6.07) is 7.88. The van der Waals surface area contributed by atoms with Crippen LogP contribution >= 0.6 is 11.8 Å². The first kappa shape index (κ1) is 14.4. The van der Waals surface area contributed by atoms with Crippen LogP contribution in [-0.4, -0.2) is 39.6 Å². The molecule has 2 rings (SSSR count). The maximum atomic E-state index is 10.9. The monoisotopic (exact) mass is 279 g/mol. The normalized spacial score (nSPS) is 24.3. The molecule has 104 valence electrons. The second kappa shape index (κ2) is 6.44. The standard InChI is InChI=1S/C15H21NO2S/c1-11-8-16(9-12(2)19-11)10-14-6-4-3-5-13(14)7-15(17)18/h3-6,11-12H,7-10H2,1-2H3,(H,17,18). The minimum atomic E-state index is -0.761. The van der Waals surface area contributed by atoms with Crippen molar-refractivity contribution in [1.82, 2.24) is 4.90 Å². The van der Waals surface area contributed by atoms with Gasteiger partial charge >= 0.3 is 5.97 Å². The molecule has 1 N–H and O–H groups in total. The molecule has 0 bridgehead atoms. The summed E-state index contributed by atoms with van der Waals surface area (Å²) in [5.41, 5.74) is 2.09. The number of nitrogens with zero attached hydrogens (tertiary/aromatic N) is 1. The molecule has 3 nitrogen and oxygen atoms in total. The highest BCUT2D eigenvalue weighted by Gasteiger charge is 2.22. The minimum Gasteiger partial charge on any atom is -0.481 e. The van der Waals surface area contributed by atoms with Crippen LogP contribution in [0, 0.1) is 0 Å². The lowest BCUT2D eigenvalue weighted by molar-refractivity contribution is -0.136. The largest absolute Gasteiger partial charge is 0.481 e. The Bertz CT molecular complexity index is 440. The molecular formula is C15H21NO2S. The lowest BCUT2D eigenvalue weighted by Crippen LogP contribution is -2.39. The van der Waals surface area contributed by atoms with Crippen LogP contribution < -0.4 is 0 Å². The third kappa shape index (κ3) is 4.25. The molecule has 0 aliphatic carbocycles. The van der Waals surface area contributed by atoms with Crippen LogP contribution in [0.4, 0.5) is 0 Å². The van der Waals surface area contributed by atoms with Gasteiger partial charge in [-0.25, -0.2) is 0 Å². The molecule has 0 spiro atoms. The van der Waals surface area contributed by atoms with E-state index in [2.05, 4.69) is 24.8 Å². The van der Waals surface area contributed by atoms with Crippen molar-refractivity contribution in [2.75, 3.05) is 13.1 Å². The molecule has 1 heterocycles. The van der Waals surface area contributed by atoms with E-state index in [1.54, 1.807) is 0 Å². The predicted octanol–water partition coefficient (Wildman–Crippen LogP) is 2.64. The highest BCUT2D eigenvalue weighted by atomic mass is 32.2. The fourth-order valence-corrected chi connectivity index (χ4v) is 4.09. The Kier molecular flexibility index (Phi) is 4.88. The van der Waals surface area contributed by atoms with Crippen molar-refractivity contribution >= 4 is 17.7 Å². The number of aliphatic carboxylic acids is 1. The van der Waals surface area contributed by atoms with E-state index in [0.29, 0.717) is 10.5 Å². The maximum Gasteiger partial charge on any atom is 0.307 e. The van der Waals surface area contributed by atoms with Crippen molar-refractivity contribution in [2.24, 2.45) is 0 Å². The molecule has 0 amide bonds. The topological polar surface area (TPSA) is 40.5 Å². The lowest BCUT2D eigenvalue weighted by Gasteiger charge is -2.34. The van der Waals surface area contributed by atoms with Crippen LogP contribution in [0.3, 0.4) is 0 Å². The summed E-state index contributed by atoms with van der Waals surface area (Å²) in [7, 11) is 0. The van der Waals surface area contributed by atoms with Crippen LogP contribution in [0.5, 0.6) is 0 Å². The summed E-state index contributed by atoms with van der Waals surface area (Å²) < 4.78 is 0. The van der Waals surface area contributed by atoms with Crippen LogP contribution in [0.2, 0.25) is 0 Å². The van der Waals surface area contributed by atoms with Gasteiger partial charge in [-0.2, -0.15) is 11.8 Å². The SMILES string of the molecule is CC1CN(Cc2ccccc2CC(=O)O)CC(C)S1. The third-order valence-electron chi connectivity index (χ3n) is 3.35. The molecule has 2 atom stereocenters. The van der Waals surface area contributed by atoms with Gasteiger partial charge in [-0.1, -0.05) is 38.1 Å². The number of benzene rings is 1. The summed E-state index contributed by atoms with van der Waals surface area (Å²) in [6.07, 6.45) is 0.115. The second-order valence-corrected chi connectivity index (χ2v) is 7.17. The average molecular weight is 279 g/mol. The minimum absolute atomic E-state index is 0.115. The smallest absolute Gasteiger partial charge is 0.307 e. The number of rotatable bonds is 4. The van der Waals surface area contributed by atoms with E-state index in [1.165, 1.54) is 0 Å². The Labute approximate surface area is 119 Å². The van der Waals surface area contributed by atoms with E-state index in [9.17, 15) is 4.79 Å². The molecule has 1 aliphatic rings. The zero-order valence-electron chi connectivity index (χ0n) is 11.5. The zero-order chi connectivity index (χ0) is 13.8. The summed E-state index contributed by atoms with van der Waals surface area (Å²) in [5, 5.41) is 10.3.